The fourth-order valence-electron chi connectivity index (χ4n) is 2.79. The van der Waals surface area contributed by atoms with Crippen LogP contribution in [0.25, 0.3) is 10.6 Å². The van der Waals surface area contributed by atoms with Gasteiger partial charge in [0.1, 0.15) is 0 Å². The van der Waals surface area contributed by atoms with Gasteiger partial charge in [-0.05, 0) is 61.5 Å². The Hall–Kier alpha value is -2.55. The summed E-state index contributed by atoms with van der Waals surface area (Å²) in [5, 5.41) is 4.74. The molecule has 2 heterocycles. The summed E-state index contributed by atoms with van der Waals surface area (Å²) in [5.74, 6) is -0.326. The van der Waals surface area contributed by atoms with Crippen molar-refractivity contribution >= 4 is 33.0 Å². The number of anilines is 1. The van der Waals surface area contributed by atoms with E-state index < -0.39 is 10.0 Å². The van der Waals surface area contributed by atoms with Crippen molar-refractivity contribution in [2.75, 3.05) is 5.32 Å². The highest BCUT2D eigenvalue weighted by Gasteiger charge is 2.28. The Morgan fingerprint density at radius 1 is 1.14 bits per heavy atom. The quantitative estimate of drug-likeness (QED) is 0.643. The predicted octanol–water partition coefficient (Wildman–Crippen LogP) is 3.81. The Kier molecular flexibility index (Phi) is 5.01. The van der Waals surface area contributed by atoms with Gasteiger partial charge in [0.05, 0.1) is 26.7 Å². The van der Waals surface area contributed by atoms with E-state index in [1.165, 1.54) is 12.1 Å². The molecule has 0 spiro atoms. The molecule has 8 heteroatoms. The van der Waals surface area contributed by atoms with Crippen LogP contribution in [0.15, 0.2) is 58.8 Å². The first-order chi connectivity index (χ1) is 13.4. The fourth-order valence-corrected chi connectivity index (χ4v) is 4.84. The molecule has 1 fully saturated rings. The number of pyridine rings is 1. The van der Waals surface area contributed by atoms with E-state index in [2.05, 4.69) is 15.0 Å². The van der Waals surface area contributed by atoms with Crippen LogP contribution in [0, 0.1) is 6.92 Å². The summed E-state index contributed by atoms with van der Waals surface area (Å²) in [6.07, 6.45) is 1.73. The molecule has 0 bridgehead atoms. The minimum Gasteiger partial charge on any atom is -0.322 e. The molecule has 0 atom stereocenters. The molecule has 1 aromatic carbocycles. The third-order valence-electron chi connectivity index (χ3n) is 4.41. The normalized spacial score (nSPS) is 14.0. The molecule has 1 aliphatic rings. The van der Waals surface area contributed by atoms with Crippen LogP contribution in [0.1, 0.15) is 28.9 Å². The Bertz CT molecular complexity index is 1120. The smallest absolute Gasteiger partial charge is 0.257 e. The summed E-state index contributed by atoms with van der Waals surface area (Å²) in [7, 11) is -3.57. The fraction of sp³-hybridized carbons (Fsp3) is 0.200. The molecule has 0 unspecified atom stereocenters. The molecule has 2 N–H and O–H groups in total. The van der Waals surface area contributed by atoms with Crippen LogP contribution in [0.3, 0.4) is 0 Å². The number of carbonyl (C=O) groups is 1. The summed E-state index contributed by atoms with van der Waals surface area (Å²) in [4.78, 5) is 18.4. The average Bonchev–Trinajstić information content (AvgIpc) is 3.29. The second-order valence-corrected chi connectivity index (χ2v) is 9.35. The van der Waals surface area contributed by atoms with Gasteiger partial charge in [0.25, 0.3) is 5.91 Å². The Labute approximate surface area is 167 Å². The lowest BCUT2D eigenvalue weighted by atomic mass is 10.1. The number of benzene rings is 1. The minimum atomic E-state index is -3.57. The number of aryl methyl sites for hydroxylation is 1. The van der Waals surface area contributed by atoms with Gasteiger partial charge in [-0.15, -0.1) is 11.3 Å². The zero-order valence-corrected chi connectivity index (χ0v) is 16.8. The van der Waals surface area contributed by atoms with E-state index >= 15 is 0 Å². The number of hydrogen-bond donors (Lipinski definition) is 2. The van der Waals surface area contributed by atoms with Gasteiger partial charge >= 0.3 is 0 Å². The van der Waals surface area contributed by atoms with Gasteiger partial charge < -0.3 is 5.32 Å². The molecule has 6 nitrogen and oxygen atoms in total. The van der Waals surface area contributed by atoms with Crippen molar-refractivity contribution < 1.29 is 13.2 Å². The average molecular weight is 414 g/mol. The number of nitrogens with one attached hydrogen (secondary N) is 2. The van der Waals surface area contributed by atoms with Gasteiger partial charge in [-0.25, -0.2) is 13.1 Å². The van der Waals surface area contributed by atoms with E-state index in [0.717, 1.165) is 23.4 Å². The summed E-state index contributed by atoms with van der Waals surface area (Å²) < 4.78 is 27.4. The van der Waals surface area contributed by atoms with E-state index in [1.807, 2.05) is 23.6 Å². The summed E-state index contributed by atoms with van der Waals surface area (Å²) in [6, 6.07) is 13.8. The highest BCUT2D eigenvalue weighted by Crippen LogP contribution is 2.25. The molecule has 1 amide bonds. The molecular formula is C20H19N3O3S2. The van der Waals surface area contributed by atoms with Gasteiger partial charge in [0.2, 0.25) is 10.0 Å². The second kappa shape index (κ2) is 7.46. The van der Waals surface area contributed by atoms with Crippen molar-refractivity contribution in [1.29, 1.82) is 0 Å². The molecule has 144 valence electrons. The lowest BCUT2D eigenvalue weighted by molar-refractivity contribution is 0.102. The van der Waals surface area contributed by atoms with E-state index in [4.69, 9.17) is 0 Å². The van der Waals surface area contributed by atoms with E-state index in [-0.39, 0.29) is 16.8 Å². The van der Waals surface area contributed by atoms with Crippen LogP contribution in [-0.4, -0.2) is 25.4 Å². The highest BCUT2D eigenvalue weighted by atomic mass is 32.2. The van der Waals surface area contributed by atoms with Gasteiger partial charge in [-0.1, -0.05) is 12.1 Å². The molecule has 0 radical (unpaired) electrons. The first kappa shape index (κ1) is 18.8. The molecule has 1 saturated carbocycles. The molecule has 4 rings (SSSR count). The van der Waals surface area contributed by atoms with Gasteiger partial charge in [0.15, 0.2) is 0 Å². The number of thiophene rings is 1. The van der Waals surface area contributed by atoms with Gasteiger partial charge in [-0.2, -0.15) is 0 Å². The lowest BCUT2D eigenvalue weighted by Crippen LogP contribution is -2.25. The zero-order valence-electron chi connectivity index (χ0n) is 15.2. The third-order valence-corrected chi connectivity index (χ3v) is 6.82. The maximum atomic E-state index is 12.7. The monoisotopic (exact) mass is 413 g/mol. The van der Waals surface area contributed by atoms with Crippen molar-refractivity contribution in [3.63, 3.8) is 0 Å². The van der Waals surface area contributed by atoms with Crippen molar-refractivity contribution in [3.8, 4) is 10.6 Å². The number of aromatic nitrogens is 1. The van der Waals surface area contributed by atoms with Crippen LogP contribution in [-0.2, 0) is 10.0 Å². The van der Waals surface area contributed by atoms with Crippen LogP contribution in [0.5, 0.6) is 0 Å². The molecule has 1 aliphatic carbocycles. The lowest BCUT2D eigenvalue weighted by Gasteiger charge is -2.10. The predicted molar refractivity (Wildman–Crippen MR) is 110 cm³/mol. The zero-order chi connectivity index (χ0) is 19.7. The topological polar surface area (TPSA) is 88.2 Å². The Balaban J connectivity index is 1.53. The molecule has 0 saturated heterocycles. The highest BCUT2D eigenvalue weighted by molar-refractivity contribution is 7.89. The summed E-state index contributed by atoms with van der Waals surface area (Å²) in [5.41, 5.74) is 2.31. The van der Waals surface area contributed by atoms with Crippen LogP contribution in [0.2, 0.25) is 0 Å². The number of hydrogen-bond acceptors (Lipinski definition) is 5. The largest absolute Gasteiger partial charge is 0.322 e. The van der Waals surface area contributed by atoms with Crippen molar-refractivity contribution in [3.05, 3.63) is 65.2 Å². The summed E-state index contributed by atoms with van der Waals surface area (Å²) in [6.45, 7) is 1.78. The third kappa shape index (κ3) is 4.14. The van der Waals surface area contributed by atoms with E-state index in [0.29, 0.717) is 16.9 Å². The van der Waals surface area contributed by atoms with Gasteiger partial charge in [0, 0.05) is 11.7 Å². The van der Waals surface area contributed by atoms with Crippen molar-refractivity contribution in [2.45, 2.75) is 30.7 Å². The van der Waals surface area contributed by atoms with E-state index in [1.54, 1.807) is 36.5 Å². The van der Waals surface area contributed by atoms with E-state index in [9.17, 15) is 13.2 Å². The summed E-state index contributed by atoms with van der Waals surface area (Å²) >= 11 is 1.59. The second-order valence-electron chi connectivity index (χ2n) is 6.68. The SMILES string of the molecule is Cc1nc(-c2cccs2)ccc1C(=O)Nc1cccc(S(=O)(=O)NC2CC2)c1. The molecule has 28 heavy (non-hydrogen) atoms. The molecule has 3 aromatic rings. The number of amides is 1. The number of nitrogens with zero attached hydrogens (tertiary/aromatic N) is 1. The Morgan fingerprint density at radius 2 is 1.96 bits per heavy atom. The molecule has 0 aliphatic heterocycles. The van der Waals surface area contributed by atoms with Crippen molar-refractivity contribution in [2.24, 2.45) is 0 Å². The minimum absolute atomic E-state index is 0.0267. The van der Waals surface area contributed by atoms with Crippen LogP contribution >= 0.6 is 11.3 Å². The maximum Gasteiger partial charge on any atom is 0.257 e. The van der Waals surface area contributed by atoms with Crippen LogP contribution < -0.4 is 10.0 Å². The standard InChI is InChI=1S/C20H19N3O3S2/c1-13-17(9-10-18(21-13)19-6-3-11-27-19)20(24)22-15-4-2-5-16(12-15)28(25,26)23-14-7-8-14/h2-6,9-12,14,23H,7-8H2,1H3,(H,22,24). The first-order valence-corrected chi connectivity index (χ1v) is 11.2. The van der Waals surface area contributed by atoms with Crippen molar-refractivity contribution in [1.82, 2.24) is 9.71 Å². The number of rotatable bonds is 6. The van der Waals surface area contributed by atoms with Crippen LogP contribution in [0.4, 0.5) is 5.69 Å². The molecular weight excluding hydrogens is 394 g/mol. The first-order valence-electron chi connectivity index (χ1n) is 8.88. The molecule has 2 aromatic heterocycles. The van der Waals surface area contributed by atoms with Gasteiger partial charge in [-0.3, -0.25) is 9.78 Å². The Morgan fingerprint density at radius 3 is 2.64 bits per heavy atom. The number of carbonyl (C=O) groups excluding carboxylic acids is 1. The maximum absolute atomic E-state index is 12.7. The number of sulfonamides is 1.